The summed E-state index contributed by atoms with van der Waals surface area (Å²) < 4.78 is 5.89. The molecule has 0 spiro atoms. The second-order valence-corrected chi connectivity index (χ2v) is 5.91. The molecule has 1 fully saturated rings. The maximum atomic E-state index is 9.13. The summed E-state index contributed by atoms with van der Waals surface area (Å²) in [5.41, 5.74) is 1.70. The van der Waals surface area contributed by atoms with Crippen LogP contribution in [0.5, 0.6) is 0 Å². The molecule has 0 bridgehead atoms. The first-order valence-corrected chi connectivity index (χ1v) is 6.61. The number of aliphatic hydroxyl groups is 1. The third-order valence-corrected chi connectivity index (χ3v) is 3.49. The van der Waals surface area contributed by atoms with Crippen LogP contribution in [0.25, 0.3) is 0 Å². The van der Waals surface area contributed by atoms with Gasteiger partial charge in [0.25, 0.3) is 0 Å². The molecule has 18 heavy (non-hydrogen) atoms. The van der Waals surface area contributed by atoms with Crippen molar-refractivity contribution in [1.82, 2.24) is 0 Å². The van der Waals surface area contributed by atoms with Crippen LogP contribution in [-0.2, 0) is 11.3 Å². The van der Waals surface area contributed by atoms with Crippen LogP contribution in [0, 0.1) is 0 Å². The van der Waals surface area contributed by atoms with Crippen molar-refractivity contribution in [2.24, 2.45) is 0 Å². The molecule has 4 heteroatoms. The van der Waals surface area contributed by atoms with Gasteiger partial charge in [-0.3, -0.25) is 0 Å². The van der Waals surface area contributed by atoms with Gasteiger partial charge in [0, 0.05) is 23.8 Å². The van der Waals surface area contributed by atoms with Crippen LogP contribution in [-0.4, -0.2) is 29.9 Å². The highest BCUT2D eigenvalue weighted by atomic mass is 35.5. The lowest BCUT2D eigenvalue weighted by molar-refractivity contribution is -0.0749. The zero-order valence-corrected chi connectivity index (χ0v) is 11.9. The van der Waals surface area contributed by atoms with Crippen molar-refractivity contribution in [2.75, 3.05) is 18.0 Å². The fourth-order valence-corrected chi connectivity index (χ4v) is 2.75. The van der Waals surface area contributed by atoms with E-state index < -0.39 is 0 Å². The van der Waals surface area contributed by atoms with Gasteiger partial charge in [0.1, 0.15) is 0 Å². The van der Waals surface area contributed by atoms with E-state index in [2.05, 4.69) is 25.7 Å². The zero-order valence-electron chi connectivity index (χ0n) is 11.1. The van der Waals surface area contributed by atoms with Gasteiger partial charge in [0.15, 0.2) is 0 Å². The Bertz CT molecular complexity index is 434. The van der Waals surface area contributed by atoms with E-state index in [1.165, 1.54) is 0 Å². The van der Waals surface area contributed by atoms with Crippen LogP contribution in [0.1, 0.15) is 26.3 Å². The van der Waals surface area contributed by atoms with Crippen molar-refractivity contribution in [3.05, 3.63) is 28.8 Å². The third-order valence-electron chi connectivity index (χ3n) is 3.14. The van der Waals surface area contributed by atoms with Gasteiger partial charge in [0.05, 0.1) is 18.3 Å². The minimum absolute atomic E-state index is 0.0237. The van der Waals surface area contributed by atoms with Crippen LogP contribution >= 0.6 is 11.6 Å². The molecule has 0 aromatic heterocycles. The SMILES string of the molecule is CC1CN(c2ccc(CO)c(Cl)c2)CC(C)(C)O1. The Morgan fingerprint density at radius 2 is 2.22 bits per heavy atom. The summed E-state index contributed by atoms with van der Waals surface area (Å²) >= 11 is 6.14. The van der Waals surface area contributed by atoms with Crippen molar-refractivity contribution in [3.63, 3.8) is 0 Å². The van der Waals surface area contributed by atoms with Crippen molar-refractivity contribution < 1.29 is 9.84 Å². The lowest BCUT2D eigenvalue weighted by Crippen LogP contribution is -2.52. The molecule has 3 nitrogen and oxygen atoms in total. The highest BCUT2D eigenvalue weighted by Gasteiger charge is 2.31. The lowest BCUT2D eigenvalue weighted by Gasteiger charge is -2.43. The summed E-state index contributed by atoms with van der Waals surface area (Å²) in [6, 6.07) is 5.80. The van der Waals surface area contributed by atoms with Gasteiger partial charge in [-0.25, -0.2) is 0 Å². The molecule has 0 aliphatic carbocycles. The average molecular weight is 270 g/mol. The Morgan fingerprint density at radius 3 is 2.78 bits per heavy atom. The third kappa shape index (κ3) is 2.97. The Hall–Kier alpha value is -0.770. The first-order chi connectivity index (χ1) is 8.41. The summed E-state index contributed by atoms with van der Waals surface area (Å²) in [5.74, 6) is 0. The Balaban J connectivity index is 2.23. The van der Waals surface area contributed by atoms with Gasteiger partial charge in [-0.05, 0) is 38.5 Å². The molecular formula is C14H20ClNO2. The van der Waals surface area contributed by atoms with E-state index in [0.717, 1.165) is 24.3 Å². The molecule has 0 amide bonds. The number of morpholine rings is 1. The maximum absolute atomic E-state index is 9.13. The van der Waals surface area contributed by atoms with Crippen molar-refractivity contribution in [3.8, 4) is 0 Å². The molecule has 1 heterocycles. The summed E-state index contributed by atoms with van der Waals surface area (Å²) in [5, 5.41) is 9.74. The van der Waals surface area contributed by atoms with Crippen LogP contribution in [0.15, 0.2) is 18.2 Å². The number of halogens is 1. The fraction of sp³-hybridized carbons (Fsp3) is 0.571. The molecule has 1 saturated heterocycles. The smallest absolute Gasteiger partial charge is 0.0805 e. The molecule has 0 saturated carbocycles. The summed E-state index contributed by atoms with van der Waals surface area (Å²) in [4.78, 5) is 2.28. The molecule has 1 atom stereocenters. The molecule has 2 rings (SSSR count). The van der Waals surface area contributed by atoms with Crippen molar-refractivity contribution >= 4 is 17.3 Å². The Kier molecular flexibility index (Phi) is 3.85. The van der Waals surface area contributed by atoms with E-state index in [0.29, 0.717) is 5.02 Å². The number of benzene rings is 1. The van der Waals surface area contributed by atoms with Gasteiger partial charge < -0.3 is 14.7 Å². The number of hydrogen-bond acceptors (Lipinski definition) is 3. The standard InChI is InChI=1S/C14H20ClNO2/c1-10-7-16(9-14(2,3)18-10)12-5-4-11(8-17)13(15)6-12/h4-6,10,17H,7-9H2,1-3H3. The predicted molar refractivity (Wildman–Crippen MR) is 74.2 cm³/mol. The Labute approximate surface area is 113 Å². The molecule has 1 unspecified atom stereocenters. The quantitative estimate of drug-likeness (QED) is 0.896. The maximum Gasteiger partial charge on any atom is 0.0805 e. The average Bonchev–Trinajstić information content (AvgIpc) is 2.26. The summed E-state index contributed by atoms with van der Waals surface area (Å²) in [7, 11) is 0. The zero-order chi connectivity index (χ0) is 13.3. The Morgan fingerprint density at radius 1 is 1.50 bits per heavy atom. The van der Waals surface area contributed by atoms with Crippen molar-refractivity contribution in [1.29, 1.82) is 0 Å². The highest BCUT2D eigenvalue weighted by Crippen LogP contribution is 2.29. The minimum atomic E-state index is -0.153. The van der Waals surface area contributed by atoms with E-state index in [1.807, 2.05) is 18.2 Å². The van der Waals surface area contributed by atoms with Crippen LogP contribution in [0.2, 0.25) is 5.02 Å². The predicted octanol–water partition coefficient (Wildman–Crippen LogP) is 2.84. The van der Waals surface area contributed by atoms with E-state index in [1.54, 1.807) is 0 Å². The fourth-order valence-electron chi connectivity index (χ4n) is 2.51. The van der Waals surface area contributed by atoms with E-state index in [4.69, 9.17) is 21.4 Å². The summed E-state index contributed by atoms with van der Waals surface area (Å²) in [6.45, 7) is 7.95. The number of nitrogens with zero attached hydrogens (tertiary/aromatic N) is 1. The van der Waals surface area contributed by atoms with Crippen LogP contribution in [0.3, 0.4) is 0 Å². The number of anilines is 1. The molecule has 1 aromatic rings. The van der Waals surface area contributed by atoms with Gasteiger partial charge >= 0.3 is 0 Å². The van der Waals surface area contributed by atoms with E-state index in [9.17, 15) is 0 Å². The minimum Gasteiger partial charge on any atom is -0.392 e. The number of ether oxygens (including phenoxy) is 1. The lowest BCUT2D eigenvalue weighted by atomic mass is 10.0. The second-order valence-electron chi connectivity index (χ2n) is 5.50. The molecular weight excluding hydrogens is 250 g/mol. The number of hydrogen-bond donors (Lipinski definition) is 1. The highest BCUT2D eigenvalue weighted by molar-refractivity contribution is 6.31. The number of aliphatic hydroxyl groups excluding tert-OH is 1. The van der Waals surface area contributed by atoms with Crippen LogP contribution in [0.4, 0.5) is 5.69 Å². The molecule has 1 N–H and O–H groups in total. The monoisotopic (exact) mass is 269 g/mol. The largest absolute Gasteiger partial charge is 0.392 e. The van der Waals surface area contributed by atoms with Crippen LogP contribution < -0.4 is 4.90 Å². The van der Waals surface area contributed by atoms with Gasteiger partial charge in [-0.1, -0.05) is 17.7 Å². The van der Waals surface area contributed by atoms with Gasteiger partial charge in [0.2, 0.25) is 0 Å². The van der Waals surface area contributed by atoms with E-state index in [-0.39, 0.29) is 18.3 Å². The normalized spacial score (nSPS) is 23.2. The van der Waals surface area contributed by atoms with E-state index >= 15 is 0 Å². The number of rotatable bonds is 2. The topological polar surface area (TPSA) is 32.7 Å². The molecule has 100 valence electrons. The van der Waals surface area contributed by atoms with Gasteiger partial charge in [-0.2, -0.15) is 0 Å². The first kappa shape index (κ1) is 13.7. The molecule has 1 aliphatic heterocycles. The summed E-state index contributed by atoms with van der Waals surface area (Å²) in [6.07, 6.45) is 0.199. The molecule has 1 aromatic carbocycles. The van der Waals surface area contributed by atoms with Gasteiger partial charge in [-0.15, -0.1) is 0 Å². The first-order valence-electron chi connectivity index (χ1n) is 6.23. The molecule has 0 radical (unpaired) electrons. The second kappa shape index (κ2) is 5.08. The molecule has 1 aliphatic rings. The van der Waals surface area contributed by atoms with Crippen molar-refractivity contribution in [2.45, 2.75) is 39.1 Å².